The van der Waals surface area contributed by atoms with Gasteiger partial charge in [-0.2, -0.15) is 16.8 Å². The molecule has 1 rings (SSSR count). The van der Waals surface area contributed by atoms with Gasteiger partial charge < -0.3 is 10.8 Å². The Balaban J connectivity index is 3.65. The van der Waals surface area contributed by atoms with Gasteiger partial charge in [-0.25, -0.2) is 0 Å². The number of phenols is 1. The molecule has 0 atom stereocenters. The Bertz CT molecular complexity index is 573. The van der Waals surface area contributed by atoms with Crippen molar-refractivity contribution < 1.29 is 31.0 Å². The van der Waals surface area contributed by atoms with Crippen molar-refractivity contribution in [3.8, 4) is 5.75 Å². The molecule has 10 heteroatoms. The largest absolute Gasteiger partial charge is 0.506 e. The molecule has 0 radical (unpaired) electrons. The Morgan fingerprint density at radius 2 is 1.38 bits per heavy atom. The predicted octanol–water partition coefficient (Wildman–Crippen LogP) is -0.532. The van der Waals surface area contributed by atoms with Crippen LogP contribution in [0.25, 0.3) is 0 Å². The van der Waals surface area contributed by atoms with Crippen LogP contribution in [-0.2, 0) is 20.2 Å². The Hall–Kier alpha value is -1.36. The summed E-state index contributed by atoms with van der Waals surface area (Å²) in [5.74, 6) is -1.04. The van der Waals surface area contributed by atoms with E-state index >= 15 is 0 Å². The summed E-state index contributed by atoms with van der Waals surface area (Å²) in [6, 6.07) is 0.946. The van der Waals surface area contributed by atoms with Crippen LogP contribution in [0.4, 0.5) is 5.69 Å². The fourth-order valence-electron chi connectivity index (χ4n) is 0.995. The summed E-state index contributed by atoms with van der Waals surface area (Å²) in [6.07, 6.45) is 0. The van der Waals surface area contributed by atoms with E-state index in [0.717, 1.165) is 0 Å². The van der Waals surface area contributed by atoms with E-state index in [2.05, 4.69) is 0 Å². The van der Waals surface area contributed by atoms with E-state index in [1.165, 1.54) is 0 Å². The third-order valence-electron chi connectivity index (χ3n) is 1.65. The van der Waals surface area contributed by atoms with Crippen molar-refractivity contribution in [3.63, 3.8) is 0 Å². The van der Waals surface area contributed by atoms with Gasteiger partial charge in [-0.05, 0) is 6.07 Å². The van der Waals surface area contributed by atoms with Gasteiger partial charge in [-0.15, -0.1) is 0 Å². The molecule has 1 aromatic carbocycles. The molecular formula is C6H7NO7S2. The molecule has 0 amide bonds. The molecule has 1 aromatic rings. The van der Waals surface area contributed by atoms with Gasteiger partial charge in [-0.1, -0.05) is 0 Å². The van der Waals surface area contributed by atoms with Gasteiger partial charge in [0.15, 0.2) is 0 Å². The first kappa shape index (κ1) is 12.7. The SMILES string of the molecule is Nc1cc(S(=O)(=O)O)c(O)cc1S(=O)(=O)O. The van der Waals surface area contributed by atoms with Crippen LogP contribution in [-0.4, -0.2) is 31.0 Å². The number of nitrogens with two attached hydrogens (primary N) is 1. The van der Waals surface area contributed by atoms with Gasteiger partial charge in [0.2, 0.25) is 0 Å². The number of nitrogen functional groups attached to an aromatic ring is 1. The molecule has 90 valence electrons. The van der Waals surface area contributed by atoms with Gasteiger partial charge in [0.25, 0.3) is 20.2 Å². The summed E-state index contributed by atoms with van der Waals surface area (Å²) < 4.78 is 60.1. The third-order valence-corrected chi connectivity index (χ3v) is 3.44. The van der Waals surface area contributed by atoms with Crippen LogP contribution in [0.3, 0.4) is 0 Å². The first-order chi connectivity index (χ1) is 7.03. The number of aromatic hydroxyl groups is 1. The zero-order valence-corrected chi connectivity index (χ0v) is 9.16. The second-order valence-corrected chi connectivity index (χ2v) is 5.59. The Morgan fingerprint density at radius 3 is 1.75 bits per heavy atom. The molecular weight excluding hydrogens is 262 g/mol. The minimum absolute atomic E-state index is 0.424. The Labute approximate surface area is 90.8 Å². The molecule has 0 bridgehead atoms. The van der Waals surface area contributed by atoms with Crippen LogP contribution in [0.5, 0.6) is 5.75 Å². The van der Waals surface area contributed by atoms with Gasteiger partial charge in [0.1, 0.15) is 15.5 Å². The molecule has 0 aliphatic heterocycles. The van der Waals surface area contributed by atoms with Crippen LogP contribution in [0.1, 0.15) is 0 Å². The molecule has 0 saturated carbocycles. The summed E-state index contributed by atoms with van der Waals surface area (Å²) in [5, 5.41) is 9.14. The highest BCUT2D eigenvalue weighted by atomic mass is 32.2. The molecule has 0 aliphatic rings. The molecule has 0 fully saturated rings. The Morgan fingerprint density at radius 1 is 0.938 bits per heavy atom. The highest BCUT2D eigenvalue weighted by molar-refractivity contribution is 7.86. The molecule has 0 saturated heterocycles. The zero-order valence-electron chi connectivity index (χ0n) is 7.52. The molecule has 0 unspecified atom stereocenters. The summed E-state index contributed by atoms with van der Waals surface area (Å²) in [5.41, 5.74) is 4.53. The number of benzene rings is 1. The van der Waals surface area contributed by atoms with E-state index < -0.39 is 41.5 Å². The summed E-state index contributed by atoms with van der Waals surface area (Å²) in [6.45, 7) is 0. The fourth-order valence-corrected chi connectivity index (χ4v) is 2.21. The van der Waals surface area contributed by atoms with Crippen molar-refractivity contribution in [1.29, 1.82) is 0 Å². The quantitative estimate of drug-likeness (QED) is 0.317. The lowest BCUT2D eigenvalue weighted by atomic mass is 10.3. The predicted molar refractivity (Wildman–Crippen MR) is 52.1 cm³/mol. The molecule has 16 heavy (non-hydrogen) atoms. The van der Waals surface area contributed by atoms with Gasteiger partial charge in [-0.3, -0.25) is 9.11 Å². The smallest absolute Gasteiger partial charge is 0.298 e. The number of anilines is 1. The highest BCUT2D eigenvalue weighted by Crippen LogP contribution is 2.30. The average Bonchev–Trinajstić information content (AvgIpc) is 2.04. The number of phenolic OH excluding ortho intramolecular Hbond substituents is 1. The molecule has 0 aliphatic carbocycles. The van der Waals surface area contributed by atoms with E-state index in [0.29, 0.717) is 12.1 Å². The maximum Gasteiger partial charge on any atom is 0.298 e. The molecule has 5 N–H and O–H groups in total. The van der Waals surface area contributed by atoms with Crippen molar-refractivity contribution in [1.82, 2.24) is 0 Å². The number of hydrogen-bond acceptors (Lipinski definition) is 6. The van der Waals surface area contributed by atoms with Crippen LogP contribution < -0.4 is 5.73 Å². The standard InChI is InChI=1S/C6H7NO7S2/c7-3-1-6(16(12,13)14)4(8)2-5(3)15(9,10)11/h1-2,8H,7H2,(H,9,10,11)(H,12,13,14). The van der Waals surface area contributed by atoms with E-state index in [1.807, 2.05) is 0 Å². The lowest BCUT2D eigenvalue weighted by Crippen LogP contribution is -2.06. The normalized spacial score (nSPS) is 12.6. The Kier molecular flexibility index (Phi) is 2.85. The van der Waals surface area contributed by atoms with Crippen LogP contribution >= 0.6 is 0 Å². The summed E-state index contributed by atoms with van der Waals surface area (Å²) in [4.78, 5) is -1.80. The first-order valence-electron chi connectivity index (χ1n) is 3.61. The maximum absolute atomic E-state index is 10.7. The van der Waals surface area contributed by atoms with E-state index in [4.69, 9.17) is 19.9 Å². The van der Waals surface area contributed by atoms with Gasteiger partial charge in [0.05, 0.1) is 5.69 Å². The minimum atomic E-state index is -4.72. The molecule has 0 spiro atoms. The van der Waals surface area contributed by atoms with Crippen molar-refractivity contribution in [2.75, 3.05) is 5.73 Å². The molecule has 0 aromatic heterocycles. The minimum Gasteiger partial charge on any atom is -0.506 e. The summed E-state index contributed by atoms with van der Waals surface area (Å²) in [7, 11) is -9.40. The molecule has 8 nitrogen and oxygen atoms in total. The first-order valence-corrected chi connectivity index (χ1v) is 6.49. The fraction of sp³-hybridized carbons (Fsp3) is 0. The van der Waals surface area contributed by atoms with Gasteiger partial charge in [0, 0.05) is 6.07 Å². The maximum atomic E-state index is 10.7. The van der Waals surface area contributed by atoms with Crippen LogP contribution in [0.15, 0.2) is 21.9 Å². The summed E-state index contributed by atoms with van der Waals surface area (Å²) >= 11 is 0. The number of hydrogen-bond donors (Lipinski definition) is 4. The van der Waals surface area contributed by atoms with Crippen molar-refractivity contribution in [3.05, 3.63) is 12.1 Å². The molecule has 0 heterocycles. The van der Waals surface area contributed by atoms with Crippen LogP contribution in [0.2, 0.25) is 0 Å². The van der Waals surface area contributed by atoms with Crippen LogP contribution in [0, 0.1) is 0 Å². The second kappa shape index (κ2) is 3.59. The van der Waals surface area contributed by atoms with E-state index in [-0.39, 0.29) is 0 Å². The second-order valence-electron chi connectivity index (χ2n) is 2.81. The number of rotatable bonds is 2. The van der Waals surface area contributed by atoms with Gasteiger partial charge >= 0.3 is 0 Å². The van der Waals surface area contributed by atoms with Crippen molar-refractivity contribution in [2.45, 2.75) is 9.79 Å². The third kappa shape index (κ3) is 2.41. The lowest BCUT2D eigenvalue weighted by Gasteiger charge is -2.06. The average molecular weight is 269 g/mol. The van der Waals surface area contributed by atoms with E-state index in [9.17, 15) is 16.8 Å². The lowest BCUT2D eigenvalue weighted by molar-refractivity contribution is 0.439. The highest BCUT2D eigenvalue weighted by Gasteiger charge is 2.22. The van der Waals surface area contributed by atoms with Crippen molar-refractivity contribution in [2.24, 2.45) is 0 Å². The van der Waals surface area contributed by atoms with Crippen molar-refractivity contribution >= 4 is 25.9 Å². The van der Waals surface area contributed by atoms with E-state index in [1.54, 1.807) is 0 Å². The monoisotopic (exact) mass is 269 g/mol. The topological polar surface area (TPSA) is 155 Å². The zero-order chi connectivity index (χ0) is 12.7.